The molecule has 0 heterocycles. The predicted molar refractivity (Wildman–Crippen MR) is 40.5 cm³/mol. The van der Waals surface area contributed by atoms with E-state index in [0.29, 0.717) is 0 Å². The van der Waals surface area contributed by atoms with Gasteiger partial charge in [-0.05, 0) is 12.7 Å². The molecule has 0 aromatic rings. The molecule has 0 nitrogen and oxygen atoms in total. The van der Waals surface area contributed by atoms with E-state index in [1.165, 1.54) is 5.75 Å². The Labute approximate surface area is 54.4 Å². The minimum Gasteiger partial charge on any atom is -0.161 e. The monoisotopic (exact) mass is 134 g/mol. The average Bonchev–Trinajstić information content (AvgIpc) is 1.69. The average molecular weight is 134 g/mol. The minimum absolute atomic E-state index is 0.987. The van der Waals surface area contributed by atoms with Crippen molar-refractivity contribution in [1.82, 2.24) is 0 Å². The predicted octanol–water partition coefficient (Wildman–Crippen LogP) is 2.08. The van der Waals surface area contributed by atoms with Crippen LogP contribution in [0.1, 0.15) is 0 Å². The molecule has 0 bridgehead atoms. The molecule has 0 aromatic heterocycles. The Morgan fingerprint density at radius 3 is 2.43 bits per heavy atom. The molecule has 0 saturated heterocycles. The summed E-state index contributed by atoms with van der Waals surface area (Å²) in [6.45, 7) is 3.69. The summed E-state index contributed by atoms with van der Waals surface area (Å²) in [5, 5.41) is 0. The molecule has 0 amide bonds. The van der Waals surface area contributed by atoms with Crippen molar-refractivity contribution in [2.45, 2.75) is 0 Å². The van der Waals surface area contributed by atoms with E-state index in [9.17, 15) is 0 Å². The largest absolute Gasteiger partial charge is 0.161 e. The Bertz CT molecular complexity index is 25.3. The number of hydrogen-bond donors (Lipinski definition) is 0. The van der Waals surface area contributed by atoms with Gasteiger partial charge >= 0.3 is 0 Å². The molecular weight excluding hydrogens is 124 g/mol. The molecule has 0 spiro atoms. The van der Waals surface area contributed by atoms with Crippen LogP contribution >= 0.6 is 23.5 Å². The van der Waals surface area contributed by atoms with Crippen molar-refractivity contribution < 1.29 is 0 Å². The normalized spacial score (nSPS) is 9.43. The number of thioether (sulfide) groups is 2. The van der Waals surface area contributed by atoms with E-state index in [4.69, 9.17) is 0 Å². The second-order valence-corrected chi connectivity index (χ2v) is 3.06. The van der Waals surface area contributed by atoms with Crippen LogP contribution in [0.2, 0.25) is 0 Å². The Balaban J connectivity index is 2.45. The first-order valence-corrected chi connectivity index (χ1v) is 4.46. The first-order chi connectivity index (χ1) is 3.41. The fourth-order valence-electron chi connectivity index (χ4n) is 0.220. The van der Waals surface area contributed by atoms with Crippen LogP contribution in [-0.4, -0.2) is 17.3 Å². The van der Waals surface area contributed by atoms with Crippen molar-refractivity contribution in [3.05, 3.63) is 13.2 Å². The Morgan fingerprint density at radius 1 is 1.29 bits per heavy atom. The van der Waals surface area contributed by atoms with E-state index >= 15 is 0 Å². The van der Waals surface area contributed by atoms with Gasteiger partial charge in [0.1, 0.15) is 0 Å². The lowest BCUT2D eigenvalue weighted by Gasteiger charge is -1.90. The summed E-state index contributed by atoms with van der Waals surface area (Å²) in [5.41, 5.74) is 0. The van der Waals surface area contributed by atoms with Gasteiger partial charge in [0.15, 0.2) is 0 Å². The lowest BCUT2D eigenvalue weighted by Crippen LogP contribution is -1.80. The van der Waals surface area contributed by atoms with Crippen LogP contribution in [-0.2, 0) is 0 Å². The van der Waals surface area contributed by atoms with Crippen molar-refractivity contribution in [1.29, 1.82) is 0 Å². The summed E-state index contributed by atoms with van der Waals surface area (Å²) in [6.07, 6.45) is 3.64. The smallest absolute Gasteiger partial charge is 0.00238 e. The van der Waals surface area contributed by atoms with Crippen LogP contribution in [0, 0.1) is 13.2 Å². The first kappa shape index (κ1) is 7.70. The van der Waals surface area contributed by atoms with E-state index in [1.54, 1.807) is 11.8 Å². The van der Waals surface area contributed by atoms with Crippen LogP contribution in [0.3, 0.4) is 0 Å². The molecule has 0 aromatic carbocycles. The van der Waals surface area contributed by atoms with Gasteiger partial charge in [0.2, 0.25) is 0 Å². The quantitative estimate of drug-likeness (QED) is 0.540. The fourth-order valence-corrected chi connectivity index (χ4v) is 1.37. The van der Waals surface area contributed by atoms with Crippen LogP contribution in [0.4, 0.5) is 0 Å². The molecule has 0 atom stereocenters. The van der Waals surface area contributed by atoms with Gasteiger partial charge in [-0.25, -0.2) is 0 Å². The summed E-state index contributed by atoms with van der Waals surface area (Å²) in [7, 11) is 0. The maximum atomic E-state index is 3.69. The van der Waals surface area contributed by atoms with Gasteiger partial charge in [-0.1, -0.05) is 0 Å². The molecule has 0 rings (SSSR count). The standard InChI is InChI=1S/C5H10S2/c1-3-7-5-4-6-2/h1-5H2. The number of rotatable bonds is 4. The molecule has 7 heavy (non-hydrogen) atoms. The maximum Gasteiger partial charge on any atom is 0.00238 e. The zero-order valence-corrected chi connectivity index (χ0v) is 5.99. The molecule has 0 aliphatic carbocycles. The Hall–Kier alpha value is 0.700. The van der Waals surface area contributed by atoms with Crippen molar-refractivity contribution in [3.63, 3.8) is 0 Å². The van der Waals surface area contributed by atoms with E-state index in [0.717, 1.165) is 11.5 Å². The molecule has 0 aliphatic heterocycles. The van der Waals surface area contributed by atoms with E-state index < -0.39 is 0 Å². The second-order valence-electron chi connectivity index (χ2n) is 1.02. The molecule has 42 valence electrons. The van der Waals surface area contributed by atoms with Crippen LogP contribution in [0.25, 0.3) is 0 Å². The highest BCUT2D eigenvalue weighted by molar-refractivity contribution is 8.03. The van der Waals surface area contributed by atoms with Gasteiger partial charge in [0.05, 0.1) is 0 Å². The summed E-state index contributed by atoms with van der Waals surface area (Å²) < 4.78 is 0. The topological polar surface area (TPSA) is 0 Å². The molecular formula is C5H10S2. The summed E-state index contributed by atoms with van der Waals surface area (Å²) in [6, 6.07) is 0. The van der Waals surface area contributed by atoms with Crippen molar-refractivity contribution in [2.24, 2.45) is 0 Å². The molecule has 2 radical (unpaired) electrons. The third kappa shape index (κ3) is 6.70. The van der Waals surface area contributed by atoms with Gasteiger partial charge in [0.25, 0.3) is 0 Å². The Morgan fingerprint density at radius 2 is 2.00 bits per heavy atom. The molecule has 0 N–H and O–H groups in total. The van der Waals surface area contributed by atoms with Gasteiger partial charge in [-0.15, -0.1) is 0 Å². The third-order valence-corrected chi connectivity index (χ3v) is 2.05. The van der Waals surface area contributed by atoms with Crippen LogP contribution in [0.15, 0.2) is 0 Å². The zero-order valence-electron chi connectivity index (χ0n) is 4.35. The molecule has 0 saturated carbocycles. The van der Waals surface area contributed by atoms with Crippen molar-refractivity contribution in [2.75, 3.05) is 17.3 Å². The van der Waals surface area contributed by atoms with E-state index in [2.05, 4.69) is 13.2 Å². The maximum absolute atomic E-state index is 3.69. The lowest BCUT2D eigenvalue weighted by atomic mass is 10.9. The lowest BCUT2D eigenvalue weighted by molar-refractivity contribution is 1.55. The molecule has 0 unspecified atom stereocenters. The third-order valence-electron chi connectivity index (χ3n) is 0.516. The van der Waals surface area contributed by atoms with E-state index in [1.807, 2.05) is 11.8 Å². The summed E-state index contributed by atoms with van der Waals surface area (Å²) in [4.78, 5) is 0. The fraction of sp³-hybridized carbons (Fsp3) is 0.600. The molecule has 2 heteroatoms. The van der Waals surface area contributed by atoms with E-state index in [-0.39, 0.29) is 0 Å². The van der Waals surface area contributed by atoms with Gasteiger partial charge < -0.3 is 0 Å². The summed E-state index contributed by atoms with van der Waals surface area (Å²) in [5.74, 6) is 3.33. The highest BCUT2D eigenvalue weighted by Gasteiger charge is 1.80. The number of hydrogen-bond acceptors (Lipinski definition) is 2. The van der Waals surface area contributed by atoms with Crippen LogP contribution < -0.4 is 0 Å². The minimum atomic E-state index is 0.987. The second kappa shape index (κ2) is 6.70. The molecule has 0 aliphatic rings. The van der Waals surface area contributed by atoms with Crippen LogP contribution in [0.5, 0.6) is 0 Å². The first-order valence-electron chi connectivity index (χ1n) is 2.15. The van der Waals surface area contributed by atoms with Crippen molar-refractivity contribution in [3.8, 4) is 0 Å². The molecule has 0 fully saturated rings. The zero-order chi connectivity index (χ0) is 5.54. The highest BCUT2D eigenvalue weighted by atomic mass is 32.2. The van der Waals surface area contributed by atoms with Crippen molar-refractivity contribution >= 4 is 23.5 Å². The highest BCUT2D eigenvalue weighted by Crippen LogP contribution is 2.02. The van der Waals surface area contributed by atoms with Gasteiger partial charge in [-0.2, -0.15) is 23.5 Å². The Kier molecular flexibility index (Phi) is 7.37. The van der Waals surface area contributed by atoms with Gasteiger partial charge in [0, 0.05) is 17.8 Å². The van der Waals surface area contributed by atoms with Gasteiger partial charge in [-0.3, -0.25) is 0 Å². The summed E-state index contributed by atoms with van der Waals surface area (Å²) >= 11 is 3.50. The SMILES string of the molecule is [CH2]CSCCS[CH2].